The molecule has 2 heterocycles. The van der Waals surface area contributed by atoms with Gasteiger partial charge in [0.2, 0.25) is 5.91 Å². The fourth-order valence-corrected chi connectivity index (χ4v) is 3.12. The number of hydrogen-bond donors (Lipinski definition) is 1. The predicted octanol–water partition coefficient (Wildman–Crippen LogP) is 3.03. The summed E-state index contributed by atoms with van der Waals surface area (Å²) in [7, 11) is 0. The van der Waals surface area contributed by atoms with Gasteiger partial charge in [-0.1, -0.05) is 13.0 Å². The lowest BCUT2D eigenvalue weighted by Crippen LogP contribution is -2.52. The first-order valence-electron chi connectivity index (χ1n) is 7.43. The maximum Gasteiger partial charge on any atom is 0.247 e. The first kappa shape index (κ1) is 13.3. The number of piperidine rings is 1. The molecule has 2 unspecified atom stereocenters. The van der Waals surface area contributed by atoms with Crippen LogP contribution in [0.25, 0.3) is 0 Å². The van der Waals surface area contributed by atoms with E-state index in [2.05, 4.69) is 23.2 Å². The minimum atomic E-state index is -0.0273. The van der Waals surface area contributed by atoms with Crippen molar-refractivity contribution >= 4 is 17.3 Å². The lowest BCUT2D eigenvalue weighted by Gasteiger charge is -2.43. The van der Waals surface area contributed by atoms with Crippen molar-refractivity contribution in [1.82, 2.24) is 0 Å². The van der Waals surface area contributed by atoms with Crippen LogP contribution in [0.5, 0.6) is 5.75 Å². The quantitative estimate of drug-likeness (QED) is 0.901. The Bertz CT molecular complexity index is 527. The molecule has 108 valence electrons. The molecule has 1 N–H and O–H groups in total. The van der Waals surface area contributed by atoms with Crippen LogP contribution in [0.1, 0.15) is 33.6 Å². The third kappa shape index (κ3) is 2.23. The van der Waals surface area contributed by atoms with E-state index in [1.807, 2.05) is 26.0 Å². The van der Waals surface area contributed by atoms with Gasteiger partial charge in [-0.25, -0.2) is 0 Å². The van der Waals surface area contributed by atoms with E-state index < -0.39 is 0 Å². The zero-order valence-corrected chi connectivity index (χ0v) is 12.3. The van der Waals surface area contributed by atoms with Gasteiger partial charge in [0.15, 0.2) is 0 Å². The highest BCUT2D eigenvalue weighted by Gasteiger charge is 2.37. The second-order valence-electron chi connectivity index (χ2n) is 6.14. The lowest BCUT2D eigenvalue weighted by atomic mass is 9.90. The summed E-state index contributed by atoms with van der Waals surface area (Å²) in [6, 6.07) is 5.97. The van der Waals surface area contributed by atoms with Crippen LogP contribution in [0.3, 0.4) is 0 Å². The highest BCUT2D eigenvalue weighted by atomic mass is 16.5. The van der Waals surface area contributed by atoms with Gasteiger partial charge in [0.1, 0.15) is 17.5 Å². The fraction of sp³-hybridized carbons (Fsp3) is 0.562. The van der Waals surface area contributed by atoms with Crippen LogP contribution >= 0.6 is 0 Å². The van der Waals surface area contributed by atoms with E-state index in [4.69, 9.17) is 4.74 Å². The Morgan fingerprint density at radius 2 is 2.20 bits per heavy atom. The minimum absolute atomic E-state index is 0.0273. The molecule has 0 bridgehead atoms. The maximum atomic E-state index is 12.4. The molecule has 0 aromatic heterocycles. The Kier molecular flexibility index (Phi) is 3.32. The third-order valence-electron chi connectivity index (χ3n) is 4.09. The molecule has 2 aliphatic heterocycles. The van der Waals surface area contributed by atoms with Crippen molar-refractivity contribution in [1.29, 1.82) is 0 Å². The summed E-state index contributed by atoms with van der Waals surface area (Å²) < 4.78 is 5.82. The van der Waals surface area contributed by atoms with Gasteiger partial charge in [0, 0.05) is 6.54 Å². The molecule has 3 rings (SSSR count). The van der Waals surface area contributed by atoms with Crippen LogP contribution in [0.4, 0.5) is 11.4 Å². The van der Waals surface area contributed by atoms with Gasteiger partial charge in [0.05, 0.1) is 11.8 Å². The summed E-state index contributed by atoms with van der Waals surface area (Å²) in [6.07, 6.45) is 2.16. The van der Waals surface area contributed by atoms with Gasteiger partial charge in [-0.05, 0) is 44.7 Å². The molecule has 0 aliphatic carbocycles. The standard InChI is InChI=1S/C16H22N2O2/c1-10(2)20-14-6-4-5-12-15(14)17-16(19)13-9-11(3)7-8-18(12)13/h4-6,10-11,13H,7-9H2,1-3H3,(H,17,19). The van der Waals surface area contributed by atoms with E-state index in [1.54, 1.807) is 0 Å². The second-order valence-corrected chi connectivity index (χ2v) is 6.14. The number of benzene rings is 1. The first-order chi connectivity index (χ1) is 9.56. The van der Waals surface area contributed by atoms with E-state index in [-0.39, 0.29) is 18.1 Å². The van der Waals surface area contributed by atoms with Crippen molar-refractivity contribution in [2.45, 2.75) is 45.8 Å². The van der Waals surface area contributed by atoms with Crippen molar-refractivity contribution in [3.63, 3.8) is 0 Å². The van der Waals surface area contributed by atoms with E-state index >= 15 is 0 Å². The normalized spacial score (nSPS) is 25.0. The average molecular weight is 274 g/mol. The maximum absolute atomic E-state index is 12.4. The molecule has 1 aromatic rings. The topological polar surface area (TPSA) is 41.6 Å². The highest BCUT2D eigenvalue weighted by Crippen LogP contribution is 2.42. The molecule has 4 nitrogen and oxygen atoms in total. The number of carbonyl (C=O) groups is 1. The van der Waals surface area contributed by atoms with Crippen molar-refractivity contribution in [3.05, 3.63) is 18.2 Å². The van der Waals surface area contributed by atoms with Crippen molar-refractivity contribution in [2.24, 2.45) is 5.92 Å². The second kappa shape index (κ2) is 5.00. The molecule has 0 radical (unpaired) electrons. The van der Waals surface area contributed by atoms with Crippen molar-refractivity contribution < 1.29 is 9.53 Å². The molecule has 1 amide bonds. The van der Waals surface area contributed by atoms with Gasteiger partial charge in [-0.3, -0.25) is 4.79 Å². The Hall–Kier alpha value is -1.71. The van der Waals surface area contributed by atoms with Crippen LogP contribution in [0.2, 0.25) is 0 Å². The van der Waals surface area contributed by atoms with E-state index in [0.717, 1.165) is 36.5 Å². The fourth-order valence-electron chi connectivity index (χ4n) is 3.12. The van der Waals surface area contributed by atoms with Crippen LogP contribution in [-0.4, -0.2) is 24.6 Å². The van der Waals surface area contributed by atoms with Crippen LogP contribution < -0.4 is 15.0 Å². The SMILES string of the molecule is CC1CCN2c3cccc(OC(C)C)c3NC(=O)C2C1. The summed E-state index contributed by atoms with van der Waals surface area (Å²) in [4.78, 5) is 14.6. The predicted molar refractivity (Wildman–Crippen MR) is 80.4 cm³/mol. The zero-order chi connectivity index (χ0) is 14.3. The Labute approximate surface area is 120 Å². The van der Waals surface area contributed by atoms with Gasteiger partial charge < -0.3 is 15.0 Å². The highest BCUT2D eigenvalue weighted by molar-refractivity contribution is 6.05. The summed E-state index contributed by atoms with van der Waals surface area (Å²) in [6.45, 7) is 7.15. The average Bonchev–Trinajstić information content (AvgIpc) is 2.39. The number of nitrogens with zero attached hydrogens (tertiary/aromatic N) is 1. The molecule has 0 spiro atoms. The van der Waals surface area contributed by atoms with Crippen LogP contribution in [-0.2, 0) is 4.79 Å². The Balaban J connectivity index is 1.99. The molecule has 1 aromatic carbocycles. The number of anilines is 2. The molecule has 2 aliphatic rings. The van der Waals surface area contributed by atoms with Gasteiger partial charge in [-0.15, -0.1) is 0 Å². The minimum Gasteiger partial charge on any atom is -0.489 e. The molecular formula is C16H22N2O2. The number of para-hydroxylation sites is 1. The number of fused-ring (bicyclic) bond motifs is 3. The number of ether oxygens (including phenoxy) is 1. The monoisotopic (exact) mass is 274 g/mol. The summed E-state index contributed by atoms with van der Waals surface area (Å²) >= 11 is 0. The van der Waals surface area contributed by atoms with E-state index in [0.29, 0.717) is 5.92 Å². The van der Waals surface area contributed by atoms with Crippen LogP contribution in [0, 0.1) is 5.92 Å². The number of amides is 1. The van der Waals surface area contributed by atoms with Crippen molar-refractivity contribution in [3.8, 4) is 5.75 Å². The third-order valence-corrected chi connectivity index (χ3v) is 4.09. The molecule has 1 saturated heterocycles. The molecule has 4 heteroatoms. The van der Waals surface area contributed by atoms with E-state index in [9.17, 15) is 4.79 Å². The molecule has 2 atom stereocenters. The van der Waals surface area contributed by atoms with Gasteiger partial charge >= 0.3 is 0 Å². The summed E-state index contributed by atoms with van der Waals surface area (Å²) in [5.41, 5.74) is 1.93. The molecular weight excluding hydrogens is 252 g/mol. The summed E-state index contributed by atoms with van der Waals surface area (Å²) in [5, 5.41) is 3.05. The van der Waals surface area contributed by atoms with Crippen LogP contribution in [0.15, 0.2) is 18.2 Å². The Morgan fingerprint density at radius 1 is 1.40 bits per heavy atom. The number of nitrogens with one attached hydrogen (secondary N) is 1. The lowest BCUT2D eigenvalue weighted by molar-refractivity contribution is -0.118. The smallest absolute Gasteiger partial charge is 0.247 e. The van der Waals surface area contributed by atoms with E-state index in [1.165, 1.54) is 0 Å². The molecule has 20 heavy (non-hydrogen) atoms. The van der Waals surface area contributed by atoms with Gasteiger partial charge in [-0.2, -0.15) is 0 Å². The summed E-state index contributed by atoms with van der Waals surface area (Å²) in [5.74, 6) is 1.48. The van der Waals surface area contributed by atoms with Crippen molar-refractivity contribution in [2.75, 3.05) is 16.8 Å². The van der Waals surface area contributed by atoms with Gasteiger partial charge in [0.25, 0.3) is 0 Å². The molecule has 1 fully saturated rings. The zero-order valence-electron chi connectivity index (χ0n) is 12.3. The largest absolute Gasteiger partial charge is 0.489 e. The molecule has 0 saturated carbocycles. The Morgan fingerprint density at radius 3 is 2.95 bits per heavy atom. The number of rotatable bonds is 2. The number of carbonyl (C=O) groups excluding carboxylic acids is 1. The number of hydrogen-bond acceptors (Lipinski definition) is 3. The first-order valence-corrected chi connectivity index (χ1v) is 7.43.